The molecule has 3 rings (SSSR count). The zero-order valence-electron chi connectivity index (χ0n) is 18.8. The van der Waals surface area contributed by atoms with Gasteiger partial charge in [0, 0.05) is 12.1 Å². The highest BCUT2D eigenvalue weighted by Crippen LogP contribution is 2.25. The van der Waals surface area contributed by atoms with E-state index in [2.05, 4.69) is 5.32 Å². The van der Waals surface area contributed by atoms with Crippen LogP contribution in [0.25, 0.3) is 0 Å². The first-order chi connectivity index (χ1) is 16.2. The second-order valence-corrected chi connectivity index (χ2v) is 9.41. The molecule has 1 N–H and O–H groups in total. The Hall–Kier alpha value is -3.92. The van der Waals surface area contributed by atoms with Crippen molar-refractivity contribution in [3.05, 3.63) is 94.0 Å². The van der Waals surface area contributed by atoms with E-state index in [1.807, 2.05) is 32.0 Å². The Morgan fingerprint density at radius 3 is 2.29 bits per heavy atom. The first-order valence-electron chi connectivity index (χ1n) is 10.5. The van der Waals surface area contributed by atoms with Crippen LogP contribution in [0.15, 0.2) is 77.7 Å². The molecule has 0 spiro atoms. The Kier molecular flexibility index (Phi) is 7.85. The number of non-ortho nitro benzene ring substituents is 1. The van der Waals surface area contributed by atoms with Crippen LogP contribution in [0.3, 0.4) is 0 Å². The van der Waals surface area contributed by atoms with E-state index in [9.17, 15) is 23.3 Å². The maximum atomic E-state index is 13.2. The molecule has 178 valence electrons. The van der Waals surface area contributed by atoms with Crippen molar-refractivity contribution in [3.8, 4) is 5.75 Å². The van der Waals surface area contributed by atoms with Gasteiger partial charge < -0.3 is 10.1 Å². The Labute approximate surface area is 198 Å². The van der Waals surface area contributed by atoms with E-state index in [0.717, 1.165) is 15.4 Å². The average Bonchev–Trinajstić information content (AvgIpc) is 2.83. The van der Waals surface area contributed by atoms with Gasteiger partial charge in [-0.05, 0) is 61.4 Å². The van der Waals surface area contributed by atoms with Crippen LogP contribution in [0.4, 0.5) is 11.4 Å². The molecule has 0 heterocycles. The van der Waals surface area contributed by atoms with Gasteiger partial charge in [-0.2, -0.15) is 0 Å². The summed E-state index contributed by atoms with van der Waals surface area (Å²) in [6.07, 6.45) is 0. The van der Waals surface area contributed by atoms with Crippen molar-refractivity contribution in [3.63, 3.8) is 0 Å². The predicted octanol–water partition coefficient (Wildman–Crippen LogP) is 3.60. The monoisotopic (exact) mass is 483 g/mol. The van der Waals surface area contributed by atoms with Gasteiger partial charge in [0.25, 0.3) is 15.7 Å². The lowest BCUT2D eigenvalue weighted by Crippen LogP contribution is -2.41. The molecule has 0 fully saturated rings. The summed E-state index contributed by atoms with van der Waals surface area (Å²) in [5, 5.41) is 13.6. The largest absolute Gasteiger partial charge is 0.492 e. The molecule has 3 aromatic carbocycles. The smallest absolute Gasteiger partial charge is 0.269 e. The van der Waals surface area contributed by atoms with Gasteiger partial charge in [0.2, 0.25) is 5.91 Å². The number of nitro benzene ring substituents is 1. The maximum Gasteiger partial charge on any atom is 0.269 e. The third-order valence-electron chi connectivity index (χ3n) is 5.14. The molecule has 0 bridgehead atoms. The number of hydrogen-bond donors (Lipinski definition) is 1. The Morgan fingerprint density at radius 1 is 1.00 bits per heavy atom. The fourth-order valence-electron chi connectivity index (χ4n) is 3.12. The van der Waals surface area contributed by atoms with E-state index in [4.69, 9.17) is 4.74 Å². The molecule has 0 aliphatic carbocycles. The molecule has 0 aliphatic rings. The van der Waals surface area contributed by atoms with Gasteiger partial charge >= 0.3 is 0 Å². The number of anilines is 1. The normalized spacial score (nSPS) is 11.0. The van der Waals surface area contributed by atoms with Crippen LogP contribution in [0, 0.1) is 24.0 Å². The standard InChI is InChI=1S/C24H25N3O6S/c1-18-8-13-22(16-19(18)2)33-15-14-25-24(28)17-26(20-9-11-21(12-10-20)27(29)30)34(31,32)23-6-4-3-5-7-23/h3-13,16H,14-15,17H2,1-2H3,(H,25,28). The fourth-order valence-corrected chi connectivity index (χ4v) is 4.57. The molecule has 3 aromatic rings. The van der Waals surface area contributed by atoms with Crippen molar-refractivity contribution in [2.75, 3.05) is 24.0 Å². The number of nitro groups is 1. The molecule has 0 saturated heterocycles. The van der Waals surface area contributed by atoms with Crippen LogP contribution in [0.5, 0.6) is 5.75 Å². The molecule has 0 radical (unpaired) electrons. The van der Waals surface area contributed by atoms with Crippen LogP contribution in [0.1, 0.15) is 11.1 Å². The SMILES string of the molecule is Cc1ccc(OCCNC(=O)CN(c2ccc([N+](=O)[O-])cc2)S(=O)(=O)c2ccccc2)cc1C. The second-order valence-electron chi connectivity index (χ2n) is 7.54. The minimum Gasteiger partial charge on any atom is -0.492 e. The lowest BCUT2D eigenvalue weighted by atomic mass is 10.1. The van der Waals surface area contributed by atoms with E-state index >= 15 is 0 Å². The Balaban J connectivity index is 1.71. The van der Waals surface area contributed by atoms with E-state index in [1.54, 1.807) is 18.2 Å². The molecule has 0 aromatic heterocycles. The van der Waals surface area contributed by atoms with Crippen molar-refractivity contribution in [2.24, 2.45) is 0 Å². The van der Waals surface area contributed by atoms with Crippen LogP contribution < -0.4 is 14.4 Å². The zero-order valence-corrected chi connectivity index (χ0v) is 19.6. The van der Waals surface area contributed by atoms with Gasteiger partial charge in [-0.25, -0.2) is 8.42 Å². The third kappa shape index (κ3) is 6.10. The topological polar surface area (TPSA) is 119 Å². The summed E-state index contributed by atoms with van der Waals surface area (Å²) in [5.41, 5.74) is 2.18. The van der Waals surface area contributed by atoms with Gasteiger partial charge in [-0.15, -0.1) is 0 Å². The van der Waals surface area contributed by atoms with Gasteiger partial charge in [0.1, 0.15) is 18.9 Å². The first-order valence-corrected chi connectivity index (χ1v) is 11.9. The number of aryl methyl sites for hydroxylation is 2. The maximum absolute atomic E-state index is 13.2. The molecule has 0 atom stereocenters. The number of benzene rings is 3. The summed E-state index contributed by atoms with van der Waals surface area (Å²) in [6.45, 7) is 3.85. The lowest BCUT2D eigenvalue weighted by molar-refractivity contribution is -0.384. The van der Waals surface area contributed by atoms with Crippen molar-refractivity contribution in [2.45, 2.75) is 18.7 Å². The molecule has 0 saturated carbocycles. The molecular weight excluding hydrogens is 458 g/mol. The van der Waals surface area contributed by atoms with Crippen LogP contribution in [0.2, 0.25) is 0 Å². The minimum atomic E-state index is -4.09. The summed E-state index contributed by atoms with van der Waals surface area (Å²) >= 11 is 0. The summed E-state index contributed by atoms with van der Waals surface area (Å²) < 4.78 is 33.1. The van der Waals surface area contributed by atoms with E-state index in [-0.39, 0.29) is 29.4 Å². The number of hydrogen-bond acceptors (Lipinski definition) is 6. The number of carbonyl (C=O) groups is 1. The van der Waals surface area contributed by atoms with Gasteiger partial charge in [-0.3, -0.25) is 19.2 Å². The summed E-state index contributed by atoms with van der Waals surface area (Å²) in [4.78, 5) is 23.0. The van der Waals surface area contributed by atoms with Crippen LogP contribution in [-0.4, -0.2) is 38.9 Å². The number of ether oxygens (including phenoxy) is 1. The molecule has 10 heteroatoms. The van der Waals surface area contributed by atoms with E-state index < -0.39 is 27.4 Å². The highest BCUT2D eigenvalue weighted by molar-refractivity contribution is 7.92. The number of nitrogens with zero attached hydrogens (tertiary/aromatic N) is 2. The summed E-state index contributed by atoms with van der Waals surface area (Å²) in [6, 6.07) is 18.3. The molecule has 0 aliphatic heterocycles. The molecular formula is C24H25N3O6S. The van der Waals surface area contributed by atoms with Gasteiger partial charge in [0.15, 0.2) is 0 Å². The van der Waals surface area contributed by atoms with Crippen molar-refractivity contribution >= 4 is 27.3 Å². The lowest BCUT2D eigenvalue weighted by Gasteiger charge is -2.24. The summed E-state index contributed by atoms with van der Waals surface area (Å²) in [5.74, 6) is 0.137. The van der Waals surface area contributed by atoms with Crippen LogP contribution in [-0.2, 0) is 14.8 Å². The molecule has 34 heavy (non-hydrogen) atoms. The average molecular weight is 484 g/mol. The number of amides is 1. The zero-order chi connectivity index (χ0) is 24.7. The number of nitrogens with one attached hydrogen (secondary N) is 1. The second kappa shape index (κ2) is 10.8. The molecule has 0 unspecified atom stereocenters. The van der Waals surface area contributed by atoms with Crippen molar-refractivity contribution < 1.29 is 22.9 Å². The number of rotatable bonds is 10. The molecule has 9 nitrogen and oxygen atoms in total. The molecule has 1 amide bonds. The van der Waals surface area contributed by atoms with Gasteiger partial charge in [-0.1, -0.05) is 24.3 Å². The first kappa shape index (κ1) is 24.7. The summed E-state index contributed by atoms with van der Waals surface area (Å²) in [7, 11) is -4.09. The Morgan fingerprint density at radius 2 is 1.68 bits per heavy atom. The number of sulfonamides is 1. The third-order valence-corrected chi connectivity index (χ3v) is 6.93. The fraction of sp³-hybridized carbons (Fsp3) is 0.208. The van der Waals surface area contributed by atoms with Crippen molar-refractivity contribution in [1.82, 2.24) is 5.32 Å². The van der Waals surface area contributed by atoms with Crippen molar-refractivity contribution in [1.29, 1.82) is 0 Å². The highest BCUT2D eigenvalue weighted by atomic mass is 32.2. The minimum absolute atomic E-state index is 0.000716. The van der Waals surface area contributed by atoms with E-state index in [0.29, 0.717) is 5.75 Å². The van der Waals surface area contributed by atoms with Gasteiger partial charge in [0.05, 0.1) is 22.1 Å². The van der Waals surface area contributed by atoms with Crippen LogP contribution >= 0.6 is 0 Å². The Bertz CT molecular complexity index is 1260. The van der Waals surface area contributed by atoms with E-state index in [1.165, 1.54) is 36.4 Å². The number of carbonyl (C=O) groups excluding carboxylic acids is 1. The predicted molar refractivity (Wildman–Crippen MR) is 128 cm³/mol. The quantitative estimate of drug-likeness (QED) is 0.267. The highest BCUT2D eigenvalue weighted by Gasteiger charge is 2.27.